The first-order valence-corrected chi connectivity index (χ1v) is 27.4. The maximum atomic E-state index is 12.0. The Hall–Kier alpha value is -0.910. The molecule has 0 spiro atoms. The molecule has 0 aromatic carbocycles. The highest BCUT2D eigenvalue weighted by molar-refractivity contribution is 8.14. The van der Waals surface area contributed by atoms with Gasteiger partial charge in [0.1, 0.15) is 0 Å². The third-order valence-corrected chi connectivity index (χ3v) is 19.2. The fraction of sp³-hybridized carbons (Fsp3) is 0.962. The van der Waals surface area contributed by atoms with Gasteiger partial charge in [0, 0.05) is 43.1 Å². The van der Waals surface area contributed by atoms with Gasteiger partial charge in [0.2, 0.25) is 5.91 Å². The average Bonchev–Trinajstić information content (AvgIpc) is 3.30. The smallest absolute Gasteiger partial charge is 0.230 e. The summed E-state index contributed by atoms with van der Waals surface area (Å²) in [6, 6.07) is 0. The van der Waals surface area contributed by atoms with E-state index in [1.807, 2.05) is 0 Å². The van der Waals surface area contributed by atoms with Crippen LogP contribution in [0.25, 0.3) is 0 Å². The van der Waals surface area contributed by atoms with Crippen molar-refractivity contribution in [2.45, 2.75) is 193 Å². The van der Waals surface area contributed by atoms with Crippen molar-refractivity contribution in [3.05, 3.63) is 0 Å². The van der Waals surface area contributed by atoms with Crippen LogP contribution in [0, 0.1) is 88.8 Å². The second-order valence-corrected chi connectivity index (χ2v) is 23.3. The Kier molecular flexibility index (Phi) is 22.3. The Balaban J connectivity index is 1.11. The molecule has 0 radical (unpaired) electrons. The number of hydrogen-bond donors (Lipinski definition) is 1. The number of hydrogen-bond acceptors (Lipinski definition) is 13. The lowest BCUT2D eigenvalue weighted by atomic mass is 9.78. The summed E-state index contributed by atoms with van der Waals surface area (Å²) in [5.41, 5.74) is 0. The molecule has 5 saturated heterocycles. The summed E-state index contributed by atoms with van der Waals surface area (Å²) in [6.45, 7) is 40.2. The minimum atomic E-state index is -0.407. The molecule has 10 unspecified atom stereocenters. The number of rotatable bonds is 20. The maximum absolute atomic E-state index is 12.0. The molecule has 14 heteroatoms. The van der Waals surface area contributed by atoms with Crippen LogP contribution in [0.15, 0.2) is 0 Å². The minimum Gasteiger partial charge on any atom is -0.355 e. The minimum absolute atomic E-state index is 0.0675. The molecular formula is C53H95NO12S. The van der Waals surface area contributed by atoms with Crippen molar-refractivity contribution in [3.8, 4) is 0 Å². The third kappa shape index (κ3) is 14.4. The normalized spacial score (nSPS) is 46.3. The predicted octanol–water partition coefficient (Wildman–Crippen LogP) is 9.43. The van der Waals surface area contributed by atoms with Crippen molar-refractivity contribution in [1.29, 1.82) is 0 Å². The molecule has 0 bridgehead atoms. The second kappa shape index (κ2) is 26.2. The van der Waals surface area contributed by atoms with Crippen LogP contribution in [0.1, 0.15) is 131 Å². The van der Waals surface area contributed by atoms with Gasteiger partial charge in [0.15, 0.2) is 36.6 Å². The molecule has 1 amide bonds. The molecule has 5 rings (SSSR count). The predicted molar refractivity (Wildman–Crippen MR) is 262 cm³/mol. The van der Waals surface area contributed by atoms with E-state index in [1.165, 1.54) is 6.92 Å². The Morgan fingerprint density at radius 2 is 0.701 bits per heavy atom. The van der Waals surface area contributed by atoms with Crippen LogP contribution in [0.5, 0.6) is 0 Å². The number of amides is 1. The molecule has 5 aliphatic rings. The van der Waals surface area contributed by atoms with Crippen molar-refractivity contribution in [1.82, 2.24) is 5.32 Å². The summed E-state index contributed by atoms with van der Waals surface area (Å²) in [7, 11) is 0. The lowest BCUT2D eigenvalue weighted by Crippen LogP contribution is -2.53. The molecule has 0 aromatic rings. The SMILES string of the molecule is CCC1O[C@@H](OCC2O[C@H](OCC3O[C@H](OCC4O[C@H](OCC5O[C@@H](OCCCNC(=O)CSC(C)=O)C(C)[C@@H](C)[C@@H]5C)C(C)[C@@H](C)[C@@H]4C)C(C)[C@@H](C)[C@@H]3C)C(C)[C@@H](C)[C@@H]2C)C(C)[C@@H](C)[C@@H]1C. The summed E-state index contributed by atoms with van der Waals surface area (Å²) >= 11 is 1.01. The number of carbonyl (C=O) groups is 2. The van der Waals surface area contributed by atoms with E-state index in [4.69, 9.17) is 47.4 Å². The van der Waals surface area contributed by atoms with Gasteiger partial charge in [-0.15, -0.1) is 0 Å². The van der Waals surface area contributed by atoms with Crippen molar-refractivity contribution in [2.24, 2.45) is 88.8 Å². The lowest BCUT2D eigenvalue weighted by molar-refractivity contribution is -0.315. The van der Waals surface area contributed by atoms with Gasteiger partial charge in [-0.05, 0) is 72.0 Å². The van der Waals surface area contributed by atoms with E-state index in [0.29, 0.717) is 93.3 Å². The highest BCUT2D eigenvalue weighted by atomic mass is 32.2. The molecule has 13 nitrogen and oxygen atoms in total. The molecule has 0 saturated carbocycles. The molecule has 5 aliphatic heterocycles. The van der Waals surface area contributed by atoms with Gasteiger partial charge in [-0.1, -0.05) is 123 Å². The molecule has 1 N–H and O–H groups in total. The highest BCUT2D eigenvalue weighted by Gasteiger charge is 2.47. The quantitative estimate of drug-likeness (QED) is 0.116. The summed E-state index contributed by atoms with van der Waals surface area (Å²) < 4.78 is 66.2. The summed E-state index contributed by atoms with van der Waals surface area (Å²) in [5.74, 6) is 4.63. The van der Waals surface area contributed by atoms with Gasteiger partial charge < -0.3 is 52.7 Å². The lowest BCUT2D eigenvalue weighted by Gasteiger charge is -2.47. The van der Waals surface area contributed by atoms with Crippen molar-refractivity contribution >= 4 is 22.8 Å². The van der Waals surface area contributed by atoms with E-state index in [-0.39, 0.29) is 108 Å². The summed E-state index contributed by atoms with van der Waals surface area (Å²) in [5, 5.41) is 2.79. The van der Waals surface area contributed by atoms with Gasteiger partial charge >= 0.3 is 0 Å². The first-order chi connectivity index (χ1) is 31.7. The van der Waals surface area contributed by atoms with Crippen LogP contribution >= 0.6 is 11.8 Å². The van der Waals surface area contributed by atoms with E-state index in [9.17, 15) is 9.59 Å². The van der Waals surface area contributed by atoms with Crippen LogP contribution in [0.4, 0.5) is 0 Å². The fourth-order valence-electron chi connectivity index (χ4n) is 11.1. The second-order valence-electron chi connectivity index (χ2n) is 22.2. The van der Waals surface area contributed by atoms with Crippen molar-refractivity contribution in [3.63, 3.8) is 0 Å². The summed E-state index contributed by atoms with van der Waals surface area (Å²) in [4.78, 5) is 23.2. The Labute approximate surface area is 410 Å². The Bertz CT molecular complexity index is 1510. The van der Waals surface area contributed by atoms with Crippen LogP contribution in [-0.4, -0.2) is 118 Å². The van der Waals surface area contributed by atoms with E-state index < -0.39 is 12.6 Å². The zero-order chi connectivity index (χ0) is 49.4. The van der Waals surface area contributed by atoms with E-state index in [2.05, 4.69) is 116 Å². The summed E-state index contributed by atoms with van der Waals surface area (Å²) in [6.07, 6.45) is -0.509. The van der Waals surface area contributed by atoms with E-state index in [0.717, 1.165) is 18.2 Å². The molecule has 390 valence electrons. The zero-order valence-corrected chi connectivity index (χ0v) is 45.4. The third-order valence-electron chi connectivity index (χ3n) is 18.4. The largest absolute Gasteiger partial charge is 0.355 e. The molecule has 0 aromatic heterocycles. The molecular weight excluding hydrogens is 875 g/mol. The number of thioether (sulfide) groups is 1. The Morgan fingerprint density at radius 1 is 0.418 bits per heavy atom. The highest BCUT2D eigenvalue weighted by Crippen LogP contribution is 2.43. The number of carbonyl (C=O) groups excluding carboxylic acids is 2. The standard InChI is InChI=1S/C53H95NO12S/c1-18-43-32(7)27(2)38(13)50(62-43)58-23-45-34(9)29(4)40(15)52(64-45)60-25-47-36(11)31(6)41(16)53(66-47)61-24-46-35(10)30(5)39(14)51(65-46)59-22-44-33(8)28(3)37(12)49(63-44)57-21-19-20-54-48(56)26-67-42(17)55/h27-41,43-47,49-53H,18-26H2,1-17H3,(H,54,56)/t27-,28-,29-,30-,31-,32-,33-,34-,35-,36-,37?,38?,39?,40?,41?,43?,44?,45?,46?,47?,49+,50+,51-,52-,53-/m0/s1. The zero-order valence-electron chi connectivity index (χ0n) is 44.6. The van der Waals surface area contributed by atoms with E-state index >= 15 is 0 Å². The van der Waals surface area contributed by atoms with Crippen molar-refractivity contribution in [2.75, 3.05) is 45.3 Å². The van der Waals surface area contributed by atoms with E-state index in [1.54, 1.807) is 0 Å². The molecule has 67 heavy (non-hydrogen) atoms. The first-order valence-electron chi connectivity index (χ1n) is 26.4. The molecule has 5 fully saturated rings. The number of nitrogens with one attached hydrogen (secondary N) is 1. The van der Waals surface area contributed by atoms with Gasteiger partial charge in [-0.25, -0.2) is 0 Å². The van der Waals surface area contributed by atoms with Gasteiger partial charge in [0.05, 0.1) is 69.3 Å². The van der Waals surface area contributed by atoms with Crippen molar-refractivity contribution < 1.29 is 57.0 Å². The molecule has 5 heterocycles. The topological polar surface area (TPSA) is 138 Å². The van der Waals surface area contributed by atoms with Gasteiger partial charge in [-0.3, -0.25) is 9.59 Å². The van der Waals surface area contributed by atoms with Crippen LogP contribution in [-0.2, 0) is 57.0 Å². The average molecular weight is 970 g/mol. The van der Waals surface area contributed by atoms with Gasteiger partial charge in [0.25, 0.3) is 0 Å². The number of ether oxygens (including phenoxy) is 10. The van der Waals surface area contributed by atoms with Gasteiger partial charge in [-0.2, -0.15) is 0 Å². The fourth-order valence-corrected chi connectivity index (χ4v) is 11.5. The maximum Gasteiger partial charge on any atom is 0.230 e. The molecule has 0 aliphatic carbocycles. The monoisotopic (exact) mass is 970 g/mol. The Morgan fingerprint density at radius 3 is 1.00 bits per heavy atom. The van der Waals surface area contributed by atoms with Crippen LogP contribution in [0.2, 0.25) is 0 Å². The molecule has 25 atom stereocenters. The first kappa shape index (κ1) is 57.0. The van der Waals surface area contributed by atoms with Crippen LogP contribution < -0.4 is 5.32 Å². The van der Waals surface area contributed by atoms with Crippen LogP contribution in [0.3, 0.4) is 0 Å².